The molecule has 0 saturated heterocycles. The number of aromatic carboxylic acids is 1. The lowest BCUT2D eigenvalue weighted by molar-refractivity contribution is 0.0685. The van der Waals surface area contributed by atoms with Crippen LogP contribution in [0.2, 0.25) is 5.02 Å². The molecule has 0 radical (unpaired) electrons. The van der Waals surface area contributed by atoms with Crippen molar-refractivity contribution in [3.8, 4) is 16.9 Å². The Kier molecular flexibility index (Phi) is 7.98. The number of carboxylic acids is 1. The first kappa shape index (κ1) is 30.5. The molecule has 2 aliphatic heterocycles. The lowest BCUT2D eigenvalue weighted by atomic mass is 9.97. The quantitative estimate of drug-likeness (QED) is 0.187. The number of carbonyl (C=O) groups is 1. The third-order valence-electron chi connectivity index (χ3n) is 9.30. The van der Waals surface area contributed by atoms with Gasteiger partial charge in [-0.15, -0.1) is 23.5 Å². The Hall–Kier alpha value is -3.86. The molecule has 5 heterocycles. The van der Waals surface area contributed by atoms with Crippen molar-refractivity contribution in [1.29, 1.82) is 0 Å². The molecule has 3 aromatic carbocycles. The number of halogens is 1. The van der Waals surface area contributed by atoms with Crippen LogP contribution in [0.5, 0.6) is 5.75 Å². The molecule has 0 spiro atoms. The molecule has 8 rings (SSSR count). The zero-order chi connectivity index (χ0) is 32.2. The summed E-state index contributed by atoms with van der Waals surface area (Å²) < 4.78 is 12.4. The smallest absolute Gasteiger partial charge is 0.352 e. The first-order valence-electron chi connectivity index (χ1n) is 15.9. The summed E-state index contributed by atoms with van der Waals surface area (Å²) in [5.74, 6) is 2.14. The Bertz CT molecular complexity index is 2200. The van der Waals surface area contributed by atoms with Crippen molar-refractivity contribution in [2.45, 2.75) is 54.4 Å². The summed E-state index contributed by atoms with van der Waals surface area (Å²) in [7, 11) is 3.86. The predicted octanol–water partition coefficient (Wildman–Crippen LogP) is 8.28. The summed E-state index contributed by atoms with van der Waals surface area (Å²) in [4.78, 5) is 13.9. The van der Waals surface area contributed by atoms with Crippen molar-refractivity contribution in [1.82, 2.24) is 24.1 Å². The molecule has 0 amide bonds. The number of nitrogens with zero attached hydrogens (tertiary/aromatic N) is 5. The van der Waals surface area contributed by atoms with Gasteiger partial charge in [0.05, 0.1) is 28.5 Å². The summed E-state index contributed by atoms with van der Waals surface area (Å²) >= 11 is 10.6. The molecule has 240 valence electrons. The molecule has 0 atom stereocenters. The second-order valence-corrected chi connectivity index (χ2v) is 14.7. The van der Waals surface area contributed by atoms with E-state index in [-0.39, 0.29) is 0 Å². The normalized spacial score (nSPS) is 15.4. The van der Waals surface area contributed by atoms with Gasteiger partial charge in [0, 0.05) is 76.1 Å². The van der Waals surface area contributed by atoms with E-state index < -0.39 is 5.97 Å². The van der Waals surface area contributed by atoms with E-state index in [2.05, 4.69) is 35.0 Å². The Morgan fingerprint density at radius 3 is 2.70 bits per heavy atom. The molecule has 6 aromatic rings. The van der Waals surface area contributed by atoms with Gasteiger partial charge in [-0.05, 0) is 60.9 Å². The Labute approximate surface area is 286 Å². The predicted molar refractivity (Wildman–Crippen MR) is 190 cm³/mol. The number of thioether (sulfide) groups is 2. The number of hydrogen-bond donors (Lipinski definition) is 1. The van der Waals surface area contributed by atoms with Crippen LogP contribution in [0.15, 0.2) is 59.5 Å². The maximum atomic E-state index is 12.8. The van der Waals surface area contributed by atoms with Gasteiger partial charge in [0.1, 0.15) is 11.4 Å². The van der Waals surface area contributed by atoms with Gasteiger partial charge < -0.3 is 14.4 Å². The van der Waals surface area contributed by atoms with Gasteiger partial charge >= 0.3 is 5.97 Å². The highest BCUT2D eigenvalue weighted by atomic mass is 35.5. The highest BCUT2D eigenvalue weighted by Crippen LogP contribution is 2.44. The minimum absolute atomic E-state index is 0.292. The van der Waals surface area contributed by atoms with Crippen LogP contribution in [-0.4, -0.2) is 41.8 Å². The van der Waals surface area contributed by atoms with Crippen molar-refractivity contribution < 1.29 is 14.6 Å². The van der Waals surface area contributed by atoms with E-state index in [1.807, 2.05) is 47.6 Å². The van der Waals surface area contributed by atoms with Crippen LogP contribution >= 0.6 is 35.1 Å². The van der Waals surface area contributed by atoms with Crippen LogP contribution in [0.25, 0.3) is 32.8 Å². The zero-order valence-corrected chi connectivity index (χ0v) is 28.6. The molecule has 0 fully saturated rings. The molecule has 3 aromatic heterocycles. The monoisotopic (exact) mass is 683 g/mol. The van der Waals surface area contributed by atoms with Crippen LogP contribution in [0.3, 0.4) is 0 Å². The number of fused-ring (bicyclic) bond motifs is 10. The standard InChI is InChI=1S/C36H34ClN5O3S2/c1-40-34-27-11-12-28(37)32(34)33-29(39-42-13-5-10-30(33)42)20-46-18-22-16-23(41(2)38-22)19-47-24-15-21-7-3-4-8-25(21)31(17-24)45-14-6-9-26(27)35(40)36(43)44/h3-4,7-8,11-12,15-17H,5-6,9-10,13-14,18-20H2,1-2H3,(H,43,44). The zero-order valence-electron chi connectivity index (χ0n) is 26.3. The van der Waals surface area contributed by atoms with Gasteiger partial charge in [-0.1, -0.05) is 41.9 Å². The summed E-state index contributed by atoms with van der Waals surface area (Å²) in [6.07, 6.45) is 3.16. The van der Waals surface area contributed by atoms with E-state index in [0.29, 0.717) is 35.9 Å². The molecule has 8 nitrogen and oxygen atoms in total. The molecule has 8 bridgehead atoms. The van der Waals surface area contributed by atoms with E-state index >= 15 is 0 Å². The SMILES string of the molecule is Cn1nc2cc1CSc1cc(c3ccccc3c1)OCCCc1c(C(=O)O)n(C)c3c(c(Cl)ccc13)-c1c(nn3c1CCC3)CSC2. The van der Waals surface area contributed by atoms with Gasteiger partial charge in [0.25, 0.3) is 0 Å². The number of carboxylic acid groups (broad SMARTS) is 1. The van der Waals surface area contributed by atoms with Crippen LogP contribution in [-0.2, 0) is 50.7 Å². The largest absolute Gasteiger partial charge is 0.493 e. The summed E-state index contributed by atoms with van der Waals surface area (Å²) in [6, 6.07) is 18.7. The number of aromatic nitrogens is 5. The van der Waals surface area contributed by atoms with Crippen molar-refractivity contribution in [2.24, 2.45) is 14.1 Å². The van der Waals surface area contributed by atoms with E-state index in [1.54, 1.807) is 23.5 Å². The molecular formula is C36H34ClN5O3S2. The van der Waals surface area contributed by atoms with Crippen LogP contribution in [0, 0.1) is 0 Å². The number of rotatable bonds is 1. The minimum atomic E-state index is -0.947. The molecule has 0 unspecified atom stereocenters. The highest BCUT2D eigenvalue weighted by Gasteiger charge is 2.30. The summed E-state index contributed by atoms with van der Waals surface area (Å²) in [5, 5.41) is 24.1. The molecular weight excluding hydrogens is 650 g/mol. The molecule has 2 aliphatic rings. The van der Waals surface area contributed by atoms with E-state index in [9.17, 15) is 9.90 Å². The minimum Gasteiger partial charge on any atom is -0.493 e. The van der Waals surface area contributed by atoms with Gasteiger partial charge in [-0.25, -0.2) is 4.79 Å². The maximum absolute atomic E-state index is 12.8. The highest BCUT2D eigenvalue weighted by molar-refractivity contribution is 7.98. The topological polar surface area (TPSA) is 87.1 Å². The van der Waals surface area contributed by atoms with E-state index in [0.717, 1.165) is 91.3 Å². The van der Waals surface area contributed by atoms with Crippen LogP contribution in [0.4, 0.5) is 0 Å². The molecule has 0 saturated carbocycles. The number of ether oxygens (including phenoxy) is 1. The Morgan fingerprint density at radius 2 is 1.83 bits per heavy atom. The van der Waals surface area contributed by atoms with Crippen molar-refractivity contribution >= 4 is 62.8 Å². The van der Waals surface area contributed by atoms with Gasteiger partial charge in [0.2, 0.25) is 0 Å². The lowest BCUT2D eigenvalue weighted by Crippen LogP contribution is -2.09. The number of aryl methyl sites for hydroxylation is 4. The first-order chi connectivity index (χ1) is 22.9. The Morgan fingerprint density at radius 1 is 0.957 bits per heavy atom. The first-order valence-corrected chi connectivity index (χ1v) is 18.4. The van der Waals surface area contributed by atoms with Crippen molar-refractivity contribution in [3.63, 3.8) is 0 Å². The molecule has 0 aliphatic carbocycles. The second kappa shape index (κ2) is 12.3. The number of benzene rings is 3. The molecule has 47 heavy (non-hydrogen) atoms. The van der Waals surface area contributed by atoms with Crippen molar-refractivity contribution in [2.75, 3.05) is 6.61 Å². The van der Waals surface area contributed by atoms with Crippen molar-refractivity contribution in [3.05, 3.63) is 93.7 Å². The van der Waals surface area contributed by atoms with Crippen LogP contribution in [0.1, 0.15) is 51.7 Å². The molecule has 1 N–H and O–H groups in total. The summed E-state index contributed by atoms with van der Waals surface area (Å²) in [6.45, 7) is 1.33. The third-order valence-corrected chi connectivity index (χ3v) is 11.6. The fraction of sp³-hybridized carbons (Fsp3) is 0.306. The van der Waals surface area contributed by atoms with Gasteiger partial charge in [-0.3, -0.25) is 9.36 Å². The third kappa shape index (κ3) is 5.40. The van der Waals surface area contributed by atoms with Gasteiger partial charge in [-0.2, -0.15) is 10.2 Å². The average molecular weight is 684 g/mol. The van der Waals surface area contributed by atoms with Gasteiger partial charge in [0.15, 0.2) is 0 Å². The molecule has 11 heteroatoms. The fourth-order valence-corrected chi connectivity index (χ4v) is 9.29. The summed E-state index contributed by atoms with van der Waals surface area (Å²) in [5.41, 5.74) is 8.23. The average Bonchev–Trinajstić information content (AvgIpc) is 3.80. The van der Waals surface area contributed by atoms with E-state index in [4.69, 9.17) is 26.5 Å². The lowest BCUT2D eigenvalue weighted by Gasteiger charge is -2.12. The maximum Gasteiger partial charge on any atom is 0.352 e. The van der Waals surface area contributed by atoms with Crippen LogP contribution < -0.4 is 4.74 Å². The fourth-order valence-electron chi connectivity index (χ4n) is 7.21. The number of hydrogen-bond acceptors (Lipinski definition) is 6. The second-order valence-electron chi connectivity index (χ2n) is 12.2. The Balaban J connectivity index is 1.26. The van der Waals surface area contributed by atoms with E-state index in [1.165, 1.54) is 11.4 Å².